The Morgan fingerprint density at radius 2 is 2.20 bits per heavy atom. The van der Waals surface area contributed by atoms with Gasteiger partial charge >= 0.3 is 0 Å². The molecule has 0 saturated heterocycles. The number of nitrogens with zero attached hydrogens (tertiary/aromatic N) is 1. The second-order valence-electron chi connectivity index (χ2n) is 4.06. The Morgan fingerprint density at radius 1 is 1.47 bits per heavy atom. The smallest absolute Gasteiger partial charge is 0.0731 e. The zero-order chi connectivity index (χ0) is 10.7. The van der Waals surface area contributed by atoms with E-state index in [1.807, 2.05) is 18.3 Å². The molecule has 1 aliphatic rings. The molecular weight excluding hydrogens is 254 g/mol. The van der Waals surface area contributed by atoms with Crippen molar-refractivity contribution in [3.63, 3.8) is 0 Å². The molecule has 2 rings (SSSR count). The quantitative estimate of drug-likeness (QED) is 0.655. The van der Waals surface area contributed by atoms with Gasteiger partial charge in [0.1, 0.15) is 0 Å². The minimum Gasteiger partial charge on any atom is -0.271 e. The van der Waals surface area contributed by atoms with Crippen molar-refractivity contribution >= 4 is 15.9 Å². The van der Waals surface area contributed by atoms with Crippen LogP contribution in [-0.4, -0.2) is 4.98 Å². The molecule has 4 heteroatoms. The van der Waals surface area contributed by atoms with E-state index >= 15 is 0 Å². The van der Waals surface area contributed by atoms with Crippen molar-refractivity contribution in [2.75, 3.05) is 0 Å². The first-order valence-corrected chi connectivity index (χ1v) is 6.18. The number of nitrogens with two attached hydrogens (primary N) is 1. The molecule has 1 heterocycles. The SMILES string of the molecule is NNC(c1ncccc1Br)C1CCCC1. The molecule has 1 aliphatic carbocycles. The van der Waals surface area contributed by atoms with E-state index in [-0.39, 0.29) is 6.04 Å². The molecule has 0 bridgehead atoms. The molecule has 1 fully saturated rings. The summed E-state index contributed by atoms with van der Waals surface area (Å²) in [4.78, 5) is 4.40. The van der Waals surface area contributed by atoms with Gasteiger partial charge in [0.05, 0.1) is 11.7 Å². The largest absolute Gasteiger partial charge is 0.271 e. The molecule has 0 aliphatic heterocycles. The molecule has 3 N–H and O–H groups in total. The normalized spacial score (nSPS) is 19.3. The van der Waals surface area contributed by atoms with Gasteiger partial charge in [0.25, 0.3) is 0 Å². The molecule has 1 aromatic heterocycles. The van der Waals surface area contributed by atoms with Crippen LogP contribution in [0, 0.1) is 5.92 Å². The Kier molecular flexibility index (Phi) is 3.72. The maximum absolute atomic E-state index is 5.64. The van der Waals surface area contributed by atoms with Crippen LogP contribution < -0.4 is 11.3 Å². The fourth-order valence-electron chi connectivity index (χ4n) is 2.36. The predicted molar refractivity (Wildman–Crippen MR) is 64.0 cm³/mol. The average molecular weight is 270 g/mol. The molecule has 1 aromatic rings. The van der Waals surface area contributed by atoms with Gasteiger partial charge in [-0.3, -0.25) is 16.3 Å². The average Bonchev–Trinajstić information content (AvgIpc) is 2.75. The van der Waals surface area contributed by atoms with Crippen molar-refractivity contribution in [2.24, 2.45) is 11.8 Å². The molecule has 1 atom stereocenters. The number of hydrazine groups is 1. The molecule has 0 radical (unpaired) electrons. The van der Waals surface area contributed by atoms with Crippen molar-refractivity contribution in [3.8, 4) is 0 Å². The number of nitrogens with one attached hydrogen (secondary N) is 1. The molecule has 1 saturated carbocycles. The zero-order valence-electron chi connectivity index (χ0n) is 8.62. The van der Waals surface area contributed by atoms with Crippen LogP contribution in [0.3, 0.4) is 0 Å². The van der Waals surface area contributed by atoms with Crippen molar-refractivity contribution < 1.29 is 0 Å². The number of halogens is 1. The summed E-state index contributed by atoms with van der Waals surface area (Å²) in [5.74, 6) is 6.27. The van der Waals surface area contributed by atoms with E-state index in [4.69, 9.17) is 5.84 Å². The van der Waals surface area contributed by atoms with Crippen LogP contribution in [0.15, 0.2) is 22.8 Å². The predicted octanol–water partition coefficient (Wildman–Crippen LogP) is 2.54. The van der Waals surface area contributed by atoms with Gasteiger partial charge < -0.3 is 0 Å². The fourth-order valence-corrected chi connectivity index (χ4v) is 2.86. The van der Waals surface area contributed by atoms with Gasteiger partial charge in [0.15, 0.2) is 0 Å². The van der Waals surface area contributed by atoms with Gasteiger partial charge in [-0.1, -0.05) is 12.8 Å². The number of aromatic nitrogens is 1. The maximum atomic E-state index is 5.64. The van der Waals surface area contributed by atoms with Gasteiger partial charge in [-0.05, 0) is 46.8 Å². The number of pyridine rings is 1. The van der Waals surface area contributed by atoms with E-state index in [0.29, 0.717) is 5.92 Å². The maximum Gasteiger partial charge on any atom is 0.0731 e. The lowest BCUT2D eigenvalue weighted by atomic mass is 9.95. The second-order valence-corrected chi connectivity index (χ2v) is 4.91. The molecule has 82 valence electrons. The molecule has 0 amide bonds. The van der Waals surface area contributed by atoms with Gasteiger partial charge in [0.2, 0.25) is 0 Å². The van der Waals surface area contributed by atoms with Crippen LogP contribution in [0.4, 0.5) is 0 Å². The number of hydrogen-bond acceptors (Lipinski definition) is 3. The zero-order valence-corrected chi connectivity index (χ0v) is 10.2. The number of rotatable bonds is 3. The lowest BCUT2D eigenvalue weighted by molar-refractivity contribution is 0.365. The monoisotopic (exact) mass is 269 g/mol. The molecular formula is C11H16BrN3. The van der Waals surface area contributed by atoms with Crippen molar-refractivity contribution in [1.29, 1.82) is 0 Å². The summed E-state index contributed by atoms with van der Waals surface area (Å²) in [5, 5.41) is 0. The molecule has 0 spiro atoms. The summed E-state index contributed by atoms with van der Waals surface area (Å²) in [6.45, 7) is 0. The minimum absolute atomic E-state index is 0.183. The Bertz CT molecular complexity index is 323. The third-order valence-corrected chi connectivity index (χ3v) is 3.80. The third-order valence-electron chi connectivity index (χ3n) is 3.13. The number of hydrogen-bond donors (Lipinski definition) is 2. The van der Waals surface area contributed by atoms with Gasteiger partial charge in [-0.15, -0.1) is 0 Å². The summed E-state index contributed by atoms with van der Waals surface area (Å²) < 4.78 is 1.04. The Labute approximate surface area is 98.6 Å². The van der Waals surface area contributed by atoms with E-state index in [0.717, 1.165) is 10.2 Å². The Balaban J connectivity index is 2.22. The summed E-state index contributed by atoms with van der Waals surface area (Å²) >= 11 is 3.53. The molecule has 3 nitrogen and oxygen atoms in total. The van der Waals surface area contributed by atoms with Crippen molar-refractivity contribution in [3.05, 3.63) is 28.5 Å². The van der Waals surface area contributed by atoms with Crippen LogP contribution in [0.2, 0.25) is 0 Å². The van der Waals surface area contributed by atoms with Crippen LogP contribution in [0.1, 0.15) is 37.4 Å². The first kappa shape index (κ1) is 11.0. The van der Waals surface area contributed by atoms with Crippen molar-refractivity contribution in [1.82, 2.24) is 10.4 Å². The topological polar surface area (TPSA) is 50.9 Å². The minimum atomic E-state index is 0.183. The molecule has 15 heavy (non-hydrogen) atoms. The van der Waals surface area contributed by atoms with Crippen LogP contribution >= 0.6 is 15.9 Å². The third kappa shape index (κ3) is 2.38. The standard InChI is InChI=1S/C11H16BrN3/c12-9-6-3-7-14-11(9)10(15-13)8-4-1-2-5-8/h3,6-8,10,15H,1-2,4-5,13H2. The van der Waals surface area contributed by atoms with E-state index in [1.54, 1.807) is 0 Å². The highest BCUT2D eigenvalue weighted by atomic mass is 79.9. The summed E-state index contributed by atoms with van der Waals surface area (Å²) in [7, 11) is 0. The highest BCUT2D eigenvalue weighted by molar-refractivity contribution is 9.10. The lowest BCUT2D eigenvalue weighted by Gasteiger charge is -2.22. The first-order chi connectivity index (χ1) is 7.33. The van der Waals surface area contributed by atoms with E-state index in [9.17, 15) is 0 Å². The first-order valence-electron chi connectivity index (χ1n) is 5.39. The molecule has 0 aromatic carbocycles. The second kappa shape index (κ2) is 5.05. The van der Waals surface area contributed by atoms with Gasteiger partial charge in [-0.25, -0.2) is 0 Å². The highest BCUT2D eigenvalue weighted by Crippen LogP contribution is 2.36. The lowest BCUT2D eigenvalue weighted by Crippen LogP contribution is -2.33. The van der Waals surface area contributed by atoms with E-state index < -0.39 is 0 Å². The van der Waals surface area contributed by atoms with Crippen LogP contribution in [-0.2, 0) is 0 Å². The van der Waals surface area contributed by atoms with Gasteiger partial charge in [-0.2, -0.15) is 0 Å². The Morgan fingerprint density at radius 3 is 2.80 bits per heavy atom. The summed E-state index contributed by atoms with van der Waals surface area (Å²) in [6.07, 6.45) is 6.94. The van der Waals surface area contributed by atoms with E-state index in [2.05, 4.69) is 26.3 Å². The van der Waals surface area contributed by atoms with Crippen LogP contribution in [0.25, 0.3) is 0 Å². The van der Waals surface area contributed by atoms with Crippen molar-refractivity contribution in [2.45, 2.75) is 31.7 Å². The Hall–Kier alpha value is -0.450. The highest BCUT2D eigenvalue weighted by Gasteiger charge is 2.27. The van der Waals surface area contributed by atoms with E-state index in [1.165, 1.54) is 25.7 Å². The van der Waals surface area contributed by atoms with Crippen LogP contribution in [0.5, 0.6) is 0 Å². The summed E-state index contributed by atoms with van der Waals surface area (Å²) in [5.41, 5.74) is 3.94. The molecule has 1 unspecified atom stereocenters. The summed E-state index contributed by atoms with van der Waals surface area (Å²) in [6, 6.07) is 4.13. The van der Waals surface area contributed by atoms with Gasteiger partial charge in [0, 0.05) is 10.7 Å². The fraction of sp³-hybridized carbons (Fsp3) is 0.545.